The van der Waals surface area contributed by atoms with Crippen molar-refractivity contribution in [3.8, 4) is 11.5 Å². The molecule has 24 heavy (non-hydrogen) atoms. The summed E-state index contributed by atoms with van der Waals surface area (Å²) in [6, 6.07) is 7.25. The standard InChI is InChI=1S/C17H20ClN3O2.ClH/c18-14-3-1-13(2-4-14)17-21-15(11-23-17)9-16(22)20-8-6-12-5-7-19-10-12;/h1-4,11-12,19H,5-10H2,(H,20,22);1H. The van der Waals surface area contributed by atoms with Crippen molar-refractivity contribution in [3.05, 3.63) is 41.2 Å². The van der Waals surface area contributed by atoms with Crippen LogP contribution in [0.15, 0.2) is 34.9 Å². The lowest BCUT2D eigenvalue weighted by Gasteiger charge is -2.08. The number of amides is 1. The number of oxazole rings is 1. The van der Waals surface area contributed by atoms with Gasteiger partial charge in [-0.25, -0.2) is 4.98 Å². The Hall–Kier alpha value is -1.56. The maximum atomic E-state index is 12.0. The Morgan fingerprint density at radius 1 is 1.38 bits per heavy atom. The second-order valence-corrected chi connectivity index (χ2v) is 6.26. The molecule has 0 spiro atoms. The molecule has 2 heterocycles. The second kappa shape index (κ2) is 9.06. The molecule has 1 fully saturated rings. The highest BCUT2D eigenvalue weighted by Gasteiger charge is 2.15. The molecule has 7 heteroatoms. The fraction of sp³-hybridized carbons (Fsp3) is 0.412. The zero-order valence-electron chi connectivity index (χ0n) is 13.3. The van der Waals surface area contributed by atoms with Crippen LogP contribution >= 0.6 is 24.0 Å². The molecule has 0 radical (unpaired) electrons. The number of hydrogen-bond donors (Lipinski definition) is 2. The van der Waals surface area contributed by atoms with Crippen molar-refractivity contribution in [1.82, 2.24) is 15.6 Å². The Bertz CT molecular complexity index is 652. The molecule has 1 aromatic carbocycles. The van der Waals surface area contributed by atoms with Crippen LogP contribution in [0.1, 0.15) is 18.5 Å². The smallest absolute Gasteiger partial charge is 0.226 e. The summed E-state index contributed by atoms with van der Waals surface area (Å²) in [6.07, 6.45) is 3.99. The van der Waals surface area contributed by atoms with E-state index in [-0.39, 0.29) is 24.7 Å². The van der Waals surface area contributed by atoms with E-state index in [9.17, 15) is 4.79 Å². The first-order valence-corrected chi connectivity index (χ1v) is 8.26. The Labute approximate surface area is 152 Å². The molecule has 1 aliphatic heterocycles. The molecular formula is C17H21Cl2N3O2. The van der Waals surface area contributed by atoms with E-state index in [2.05, 4.69) is 15.6 Å². The van der Waals surface area contributed by atoms with Crippen molar-refractivity contribution < 1.29 is 9.21 Å². The van der Waals surface area contributed by atoms with Crippen molar-refractivity contribution in [1.29, 1.82) is 0 Å². The van der Waals surface area contributed by atoms with Crippen LogP contribution in [-0.4, -0.2) is 30.5 Å². The summed E-state index contributed by atoms with van der Waals surface area (Å²) in [4.78, 5) is 16.3. The van der Waals surface area contributed by atoms with Crippen molar-refractivity contribution >= 4 is 29.9 Å². The van der Waals surface area contributed by atoms with Crippen LogP contribution in [0.5, 0.6) is 0 Å². The predicted molar refractivity (Wildman–Crippen MR) is 96.5 cm³/mol. The summed E-state index contributed by atoms with van der Waals surface area (Å²) in [5, 5.41) is 6.94. The zero-order valence-corrected chi connectivity index (χ0v) is 14.8. The maximum Gasteiger partial charge on any atom is 0.226 e. The lowest BCUT2D eigenvalue weighted by Crippen LogP contribution is -2.27. The third kappa shape index (κ3) is 5.23. The summed E-state index contributed by atoms with van der Waals surface area (Å²) in [5.41, 5.74) is 1.48. The minimum atomic E-state index is -0.0214. The quantitative estimate of drug-likeness (QED) is 0.820. The van der Waals surface area contributed by atoms with Gasteiger partial charge in [-0.05, 0) is 56.1 Å². The van der Waals surface area contributed by atoms with Gasteiger partial charge in [-0.2, -0.15) is 0 Å². The van der Waals surface area contributed by atoms with E-state index >= 15 is 0 Å². The van der Waals surface area contributed by atoms with Gasteiger partial charge in [0, 0.05) is 17.1 Å². The zero-order chi connectivity index (χ0) is 16.1. The van der Waals surface area contributed by atoms with Gasteiger partial charge in [0.15, 0.2) is 0 Å². The number of benzene rings is 1. The van der Waals surface area contributed by atoms with E-state index in [4.69, 9.17) is 16.0 Å². The van der Waals surface area contributed by atoms with Gasteiger partial charge in [0.25, 0.3) is 0 Å². The van der Waals surface area contributed by atoms with E-state index in [0.29, 0.717) is 29.1 Å². The molecule has 0 aliphatic carbocycles. The maximum absolute atomic E-state index is 12.0. The van der Waals surface area contributed by atoms with E-state index in [1.807, 2.05) is 12.1 Å². The highest BCUT2D eigenvalue weighted by molar-refractivity contribution is 6.30. The van der Waals surface area contributed by atoms with Crippen LogP contribution in [0, 0.1) is 5.92 Å². The number of carbonyl (C=O) groups excluding carboxylic acids is 1. The minimum Gasteiger partial charge on any atom is -0.444 e. The predicted octanol–water partition coefficient (Wildman–Crippen LogP) is 3.08. The fourth-order valence-corrected chi connectivity index (χ4v) is 2.84. The molecule has 1 unspecified atom stereocenters. The van der Waals surface area contributed by atoms with Crippen LogP contribution in [0.2, 0.25) is 5.02 Å². The lowest BCUT2D eigenvalue weighted by molar-refractivity contribution is -0.120. The summed E-state index contributed by atoms with van der Waals surface area (Å²) in [7, 11) is 0. The Morgan fingerprint density at radius 2 is 2.17 bits per heavy atom. The monoisotopic (exact) mass is 369 g/mol. The highest BCUT2D eigenvalue weighted by Crippen LogP contribution is 2.21. The molecule has 3 rings (SSSR count). The largest absolute Gasteiger partial charge is 0.444 e. The molecule has 0 bridgehead atoms. The lowest BCUT2D eigenvalue weighted by atomic mass is 10.1. The van der Waals surface area contributed by atoms with Crippen molar-refractivity contribution in [2.45, 2.75) is 19.3 Å². The molecule has 1 atom stereocenters. The minimum absolute atomic E-state index is 0. The molecule has 5 nitrogen and oxygen atoms in total. The number of carbonyl (C=O) groups is 1. The number of nitrogens with one attached hydrogen (secondary N) is 2. The molecule has 2 aromatic rings. The number of rotatable bonds is 6. The summed E-state index contributed by atoms with van der Waals surface area (Å²) in [5.74, 6) is 1.16. The molecule has 0 saturated carbocycles. The molecule has 130 valence electrons. The molecule has 1 amide bonds. The van der Waals surface area contributed by atoms with E-state index < -0.39 is 0 Å². The number of halogens is 2. The van der Waals surface area contributed by atoms with Gasteiger partial charge in [-0.15, -0.1) is 12.4 Å². The molecule has 2 N–H and O–H groups in total. The second-order valence-electron chi connectivity index (χ2n) is 5.83. The number of aromatic nitrogens is 1. The van der Waals surface area contributed by atoms with Gasteiger partial charge >= 0.3 is 0 Å². The highest BCUT2D eigenvalue weighted by atomic mass is 35.5. The number of nitrogens with zero attached hydrogens (tertiary/aromatic N) is 1. The van der Waals surface area contributed by atoms with Crippen molar-refractivity contribution in [2.24, 2.45) is 5.92 Å². The molecular weight excluding hydrogens is 349 g/mol. The SMILES string of the molecule is Cl.O=C(Cc1coc(-c2ccc(Cl)cc2)n1)NCCC1CCNC1. The van der Waals surface area contributed by atoms with Gasteiger partial charge < -0.3 is 15.1 Å². The van der Waals surface area contributed by atoms with E-state index in [1.165, 1.54) is 12.7 Å². The molecule has 1 aliphatic rings. The van der Waals surface area contributed by atoms with Gasteiger partial charge in [-0.3, -0.25) is 4.79 Å². The Balaban J connectivity index is 0.00000208. The topological polar surface area (TPSA) is 67.2 Å². The van der Waals surface area contributed by atoms with Gasteiger partial charge in [0.1, 0.15) is 6.26 Å². The Kier molecular flexibility index (Phi) is 7.09. The van der Waals surface area contributed by atoms with E-state index in [1.54, 1.807) is 12.1 Å². The first-order valence-electron chi connectivity index (χ1n) is 7.88. The van der Waals surface area contributed by atoms with Crippen LogP contribution in [0.3, 0.4) is 0 Å². The molecule has 1 saturated heterocycles. The van der Waals surface area contributed by atoms with Crippen molar-refractivity contribution in [3.63, 3.8) is 0 Å². The van der Waals surface area contributed by atoms with E-state index in [0.717, 1.165) is 25.1 Å². The van der Waals surface area contributed by atoms with Gasteiger partial charge in [0.05, 0.1) is 12.1 Å². The average molecular weight is 370 g/mol. The van der Waals surface area contributed by atoms with Crippen molar-refractivity contribution in [2.75, 3.05) is 19.6 Å². The van der Waals surface area contributed by atoms with Crippen LogP contribution in [0.25, 0.3) is 11.5 Å². The average Bonchev–Trinajstić information content (AvgIpc) is 3.20. The Morgan fingerprint density at radius 3 is 2.88 bits per heavy atom. The van der Waals surface area contributed by atoms with Gasteiger partial charge in [-0.1, -0.05) is 11.6 Å². The summed E-state index contributed by atoms with van der Waals surface area (Å²) >= 11 is 5.86. The molecule has 1 aromatic heterocycles. The number of hydrogen-bond acceptors (Lipinski definition) is 4. The summed E-state index contributed by atoms with van der Waals surface area (Å²) < 4.78 is 5.43. The first-order chi connectivity index (χ1) is 11.2. The van der Waals surface area contributed by atoms with Crippen LogP contribution in [0.4, 0.5) is 0 Å². The summed E-state index contributed by atoms with van der Waals surface area (Å²) in [6.45, 7) is 2.86. The first kappa shape index (κ1) is 18.8. The fourth-order valence-electron chi connectivity index (χ4n) is 2.72. The van der Waals surface area contributed by atoms with Crippen LogP contribution in [-0.2, 0) is 11.2 Å². The van der Waals surface area contributed by atoms with Gasteiger partial charge in [0.2, 0.25) is 11.8 Å². The normalized spacial score (nSPS) is 16.6. The third-order valence-electron chi connectivity index (χ3n) is 4.02. The third-order valence-corrected chi connectivity index (χ3v) is 4.27. The van der Waals surface area contributed by atoms with Crippen LogP contribution < -0.4 is 10.6 Å².